The van der Waals surface area contributed by atoms with Crippen LogP contribution in [0.3, 0.4) is 0 Å². The maximum atomic E-state index is 13.3. The zero-order valence-electron chi connectivity index (χ0n) is 8.75. The number of hydrogen-bond acceptors (Lipinski definition) is 1. The number of aromatic amines is 1. The minimum absolute atomic E-state index is 0.250. The van der Waals surface area contributed by atoms with Gasteiger partial charge in [0.1, 0.15) is 5.82 Å². The summed E-state index contributed by atoms with van der Waals surface area (Å²) >= 11 is 0. The van der Waals surface area contributed by atoms with Crippen molar-refractivity contribution in [3.8, 4) is 0 Å². The molecule has 3 nitrogen and oxygen atoms in total. The van der Waals surface area contributed by atoms with Crippen molar-refractivity contribution in [1.82, 2.24) is 4.98 Å². The van der Waals surface area contributed by atoms with Crippen LogP contribution in [0.2, 0.25) is 0 Å². The highest BCUT2D eigenvalue weighted by Crippen LogP contribution is 2.21. The number of primary amides is 1. The van der Waals surface area contributed by atoms with Crippen LogP contribution in [0.1, 0.15) is 11.3 Å². The molecule has 0 saturated carbocycles. The number of aryl methyl sites for hydroxylation is 1. The van der Waals surface area contributed by atoms with Gasteiger partial charge in [-0.25, -0.2) is 4.39 Å². The van der Waals surface area contributed by atoms with Gasteiger partial charge in [0, 0.05) is 22.7 Å². The second kappa shape index (κ2) is 3.81. The van der Waals surface area contributed by atoms with Crippen molar-refractivity contribution in [3.05, 3.63) is 41.3 Å². The first-order valence-electron chi connectivity index (χ1n) is 4.83. The number of rotatable bonds is 2. The lowest BCUT2D eigenvalue weighted by molar-refractivity contribution is -0.113. The maximum absolute atomic E-state index is 13.3. The van der Waals surface area contributed by atoms with Gasteiger partial charge in [-0.05, 0) is 31.2 Å². The SMILES string of the molecule is Cc1c(F)ccc2cc(/C=C\C(N)=O)[nH]c12. The van der Waals surface area contributed by atoms with Crippen molar-refractivity contribution in [2.24, 2.45) is 5.73 Å². The Morgan fingerprint density at radius 1 is 1.50 bits per heavy atom. The molecule has 0 saturated heterocycles. The number of H-pyrrole nitrogens is 1. The van der Waals surface area contributed by atoms with Crippen LogP contribution in [0.4, 0.5) is 4.39 Å². The molecule has 0 radical (unpaired) electrons. The van der Waals surface area contributed by atoms with Crippen molar-refractivity contribution >= 4 is 22.9 Å². The molecule has 0 bridgehead atoms. The van der Waals surface area contributed by atoms with Crippen LogP contribution in [0, 0.1) is 12.7 Å². The third-order valence-corrected chi connectivity index (χ3v) is 2.44. The number of amides is 1. The lowest BCUT2D eigenvalue weighted by Crippen LogP contribution is -2.05. The fourth-order valence-electron chi connectivity index (χ4n) is 1.60. The van der Waals surface area contributed by atoms with E-state index in [4.69, 9.17) is 5.73 Å². The second-order valence-corrected chi connectivity index (χ2v) is 3.60. The molecule has 1 aromatic carbocycles. The molecule has 1 aromatic heterocycles. The first-order valence-corrected chi connectivity index (χ1v) is 4.83. The number of hydrogen-bond donors (Lipinski definition) is 2. The first kappa shape index (κ1) is 10.4. The zero-order chi connectivity index (χ0) is 11.7. The summed E-state index contributed by atoms with van der Waals surface area (Å²) in [7, 11) is 0. The summed E-state index contributed by atoms with van der Waals surface area (Å²) in [6.45, 7) is 1.70. The quantitative estimate of drug-likeness (QED) is 0.745. The Labute approximate surface area is 91.8 Å². The summed E-state index contributed by atoms with van der Waals surface area (Å²) in [6.07, 6.45) is 2.83. The molecule has 0 spiro atoms. The van der Waals surface area contributed by atoms with Gasteiger partial charge in [-0.2, -0.15) is 0 Å². The van der Waals surface area contributed by atoms with Gasteiger partial charge in [0.25, 0.3) is 0 Å². The van der Waals surface area contributed by atoms with Crippen molar-refractivity contribution in [2.45, 2.75) is 6.92 Å². The molecule has 0 unspecified atom stereocenters. The third-order valence-electron chi connectivity index (χ3n) is 2.44. The van der Waals surface area contributed by atoms with E-state index >= 15 is 0 Å². The molecule has 0 aliphatic heterocycles. The summed E-state index contributed by atoms with van der Waals surface area (Å²) in [5.41, 5.74) is 7.02. The van der Waals surface area contributed by atoms with Gasteiger partial charge in [-0.3, -0.25) is 4.79 Å². The molecule has 16 heavy (non-hydrogen) atoms. The largest absolute Gasteiger partial charge is 0.366 e. The monoisotopic (exact) mass is 218 g/mol. The summed E-state index contributed by atoms with van der Waals surface area (Å²) < 4.78 is 13.3. The van der Waals surface area contributed by atoms with E-state index in [9.17, 15) is 9.18 Å². The van der Waals surface area contributed by atoms with Crippen LogP contribution < -0.4 is 5.73 Å². The molecule has 0 atom stereocenters. The van der Waals surface area contributed by atoms with E-state index in [2.05, 4.69) is 4.98 Å². The van der Waals surface area contributed by atoms with E-state index in [1.54, 1.807) is 19.1 Å². The number of nitrogens with two attached hydrogens (primary N) is 1. The predicted molar refractivity (Wildman–Crippen MR) is 61.2 cm³/mol. The Balaban J connectivity index is 2.52. The van der Waals surface area contributed by atoms with Crippen LogP contribution in [0.25, 0.3) is 17.0 Å². The molecule has 3 N–H and O–H groups in total. The van der Waals surface area contributed by atoms with Gasteiger partial charge in [-0.15, -0.1) is 0 Å². The molecule has 82 valence electrons. The Bertz CT molecular complexity index is 584. The third kappa shape index (κ3) is 1.82. The molecule has 2 aromatic rings. The molecule has 0 aliphatic carbocycles. The Morgan fingerprint density at radius 2 is 2.25 bits per heavy atom. The van der Waals surface area contributed by atoms with Crippen molar-refractivity contribution in [3.63, 3.8) is 0 Å². The van der Waals surface area contributed by atoms with Crippen LogP contribution in [-0.4, -0.2) is 10.9 Å². The molecule has 4 heteroatoms. The molecule has 1 heterocycles. The minimum Gasteiger partial charge on any atom is -0.366 e. The van der Waals surface area contributed by atoms with Crippen molar-refractivity contribution in [1.29, 1.82) is 0 Å². The van der Waals surface area contributed by atoms with Gasteiger partial charge in [0.2, 0.25) is 5.91 Å². The topological polar surface area (TPSA) is 58.9 Å². The van der Waals surface area contributed by atoms with E-state index in [1.807, 2.05) is 6.07 Å². The smallest absolute Gasteiger partial charge is 0.241 e. The Morgan fingerprint density at radius 3 is 2.94 bits per heavy atom. The van der Waals surface area contributed by atoms with Crippen LogP contribution in [-0.2, 0) is 4.79 Å². The summed E-state index contributed by atoms with van der Waals surface area (Å²) in [6, 6.07) is 4.95. The maximum Gasteiger partial charge on any atom is 0.241 e. The van der Waals surface area contributed by atoms with E-state index in [-0.39, 0.29) is 5.82 Å². The molecule has 0 fully saturated rings. The normalized spacial score (nSPS) is 11.4. The number of fused-ring (bicyclic) bond motifs is 1. The highest BCUT2D eigenvalue weighted by molar-refractivity contribution is 5.92. The molecular formula is C12H11FN2O. The number of carbonyl (C=O) groups is 1. The number of aromatic nitrogens is 1. The van der Waals surface area contributed by atoms with Gasteiger partial charge in [-0.1, -0.05) is 0 Å². The summed E-state index contributed by atoms with van der Waals surface area (Å²) in [5.74, 6) is -0.763. The van der Waals surface area contributed by atoms with Gasteiger partial charge < -0.3 is 10.7 Å². The van der Waals surface area contributed by atoms with E-state index in [1.165, 1.54) is 12.1 Å². The predicted octanol–water partition coefficient (Wildman–Crippen LogP) is 2.11. The van der Waals surface area contributed by atoms with Crippen LogP contribution >= 0.6 is 0 Å². The molecular weight excluding hydrogens is 207 g/mol. The number of carbonyl (C=O) groups excluding carboxylic acids is 1. The number of nitrogens with one attached hydrogen (secondary N) is 1. The van der Waals surface area contributed by atoms with Crippen LogP contribution in [0.5, 0.6) is 0 Å². The fraction of sp³-hybridized carbons (Fsp3) is 0.0833. The van der Waals surface area contributed by atoms with Crippen molar-refractivity contribution in [2.75, 3.05) is 0 Å². The standard InChI is InChI=1S/C12H11FN2O/c1-7-10(13)4-2-8-6-9(15-12(7)8)3-5-11(14)16/h2-6,15H,1H3,(H2,14,16)/b5-3-. The van der Waals surface area contributed by atoms with E-state index < -0.39 is 5.91 Å². The highest BCUT2D eigenvalue weighted by atomic mass is 19.1. The van der Waals surface area contributed by atoms with E-state index in [0.717, 1.165) is 16.6 Å². The minimum atomic E-state index is -0.512. The summed E-state index contributed by atoms with van der Waals surface area (Å²) in [4.78, 5) is 13.6. The number of benzene rings is 1. The Hall–Kier alpha value is -2.10. The summed E-state index contributed by atoms with van der Waals surface area (Å²) in [5, 5.41) is 0.906. The fourth-order valence-corrected chi connectivity index (χ4v) is 1.60. The highest BCUT2D eigenvalue weighted by Gasteiger charge is 2.05. The first-order chi connectivity index (χ1) is 7.58. The van der Waals surface area contributed by atoms with Crippen LogP contribution in [0.15, 0.2) is 24.3 Å². The number of halogens is 1. The average molecular weight is 218 g/mol. The molecule has 2 rings (SSSR count). The lowest BCUT2D eigenvalue weighted by Gasteiger charge is -1.96. The molecule has 1 amide bonds. The van der Waals surface area contributed by atoms with E-state index in [0.29, 0.717) is 5.56 Å². The molecule has 0 aliphatic rings. The van der Waals surface area contributed by atoms with Gasteiger partial charge in [0.15, 0.2) is 0 Å². The zero-order valence-corrected chi connectivity index (χ0v) is 8.75. The average Bonchev–Trinajstić information content (AvgIpc) is 2.64. The van der Waals surface area contributed by atoms with Crippen molar-refractivity contribution < 1.29 is 9.18 Å². The van der Waals surface area contributed by atoms with Gasteiger partial charge >= 0.3 is 0 Å². The Kier molecular flexibility index (Phi) is 2.48. The van der Waals surface area contributed by atoms with Gasteiger partial charge in [0.05, 0.1) is 5.52 Å². The lowest BCUT2D eigenvalue weighted by atomic mass is 10.1. The second-order valence-electron chi connectivity index (χ2n) is 3.60.